The van der Waals surface area contributed by atoms with Gasteiger partial charge in [0.15, 0.2) is 0 Å². The van der Waals surface area contributed by atoms with E-state index in [4.69, 9.17) is 4.74 Å². The van der Waals surface area contributed by atoms with Crippen LogP contribution in [0.25, 0.3) is 0 Å². The lowest BCUT2D eigenvalue weighted by Crippen LogP contribution is -2.29. The van der Waals surface area contributed by atoms with Crippen molar-refractivity contribution in [3.8, 4) is 5.75 Å². The molecule has 0 unspecified atom stereocenters. The fraction of sp³-hybridized carbons (Fsp3) is 0.350. The molecule has 0 spiro atoms. The van der Waals surface area contributed by atoms with E-state index in [2.05, 4.69) is 11.4 Å². The van der Waals surface area contributed by atoms with Gasteiger partial charge in [-0.1, -0.05) is 23.8 Å². The summed E-state index contributed by atoms with van der Waals surface area (Å²) >= 11 is 0. The van der Waals surface area contributed by atoms with Gasteiger partial charge in [0.25, 0.3) is 5.91 Å². The lowest BCUT2D eigenvalue weighted by Gasteiger charge is -2.12. The second kappa shape index (κ2) is 7.32. The van der Waals surface area contributed by atoms with Gasteiger partial charge in [0, 0.05) is 5.56 Å². The fourth-order valence-corrected chi connectivity index (χ4v) is 2.98. The number of benzene rings is 2. The zero-order chi connectivity index (χ0) is 17.0. The number of hydrogen-bond donors (Lipinski definition) is 1. The van der Waals surface area contributed by atoms with Crippen LogP contribution in [0.4, 0.5) is 0 Å². The first-order valence-corrected chi connectivity index (χ1v) is 7.94. The van der Waals surface area contributed by atoms with Gasteiger partial charge in [-0.15, -0.1) is 0 Å². The molecule has 0 bridgehead atoms. The number of nitrogens with one attached hydrogen (secondary N) is 1. The maximum Gasteiger partial charge on any atom is 0.251 e. The number of amides is 1. The predicted molar refractivity (Wildman–Crippen MR) is 94.4 cm³/mol. The van der Waals surface area contributed by atoms with Crippen molar-refractivity contribution in [2.45, 2.75) is 34.6 Å². The van der Waals surface area contributed by atoms with Crippen LogP contribution in [0.1, 0.15) is 38.2 Å². The van der Waals surface area contributed by atoms with Crippen molar-refractivity contribution in [1.82, 2.24) is 5.32 Å². The molecule has 122 valence electrons. The summed E-state index contributed by atoms with van der Waals surface area (Å²) < 4.78 is 5.72. The molecule has 0 aromatic heterocycles. The molecular formula is C20H25NO2. The van der Waals surface area contributed by atoms with Gasteiger partial charge in [0.05, 0.1) is 6.54 Å². The molecule has 1 N–H and O–H groups in total. The van der Waals surface area contributed by atoms with Crippen LogP contribution in [-0.2, 0) is 0 Å². The zero-order valence-electron chi connectivity index (χ0n) is 14.6. The summed E-state index contributed by atoms with van der Waals surface area (Å²) in [4.78, 5) is 12.4. The van der Waals surface area contributed by atoms with E-state index >= 15 is 0 Å². The second-order valence-electron chi connectivity index (χ2n) is 6.20. The Morgan fingerprint density at radius 3 is 1.96 bits per heavy atom. The number of rotatable bonds is 5. The van der Waals surface area contributed by atoms with Crippen LogP contribution < -0.4 is 10.1 Å². The highest BCUT2D eigenvalue weighted by atomic mass is 16.5. The van der Waals surface area contributed by atoms with Gasteiger partial charge < -0.3 is 10.1 Å². The monoisotopic (exact) mass is 311 g/mol. The molecule has 3 heteroatoms. The van der Waals surface area contributed by atoms with Gasteiger partial charge in [0.1, 0.15) is 12.4 Å². The SMILES string of the molecule is Cc1cc(C)cc(OCCNC(=O)c2c(C)cc(C)cc2C)c1. The molecule has 2 rings (SSSR count). The van der Waals surface area contributed by atoms with Crippen LogP contribution in [0.2, 0.25) is 0 Å². The standard InChI is InChI=1S/C20H25NO2/c1-13-8-14(2)12-18(11-13)23-7-6-21-20(22)19-16(4)9-15(3)10-17(19)5/h8-12H,6-7H2,1-5H3,(H,21,22). The summed E-state index contributed by atoms with van der Waals surface area (Å²) in [5.74, 6) is 0.809. The first-order valence-electron chi connectivity index (χ1n) is 7.94. The van der Waals surface area contributed by atoms with Gasteiger partial charge in [0.2, 0.25) is 0 Å². The number of carbonyl (C=O) groups excluding carboxylic acids is 1. The molecule has 0 atom stereocenters. The van der Waals surface area contributed by atoms with Crippen LogP contribution in [0.3, 0.4) is 0 Å². The summed E-state index contributed by atoms with van der Waals surface area (Å²) in [5.41, 5.74) is 6.31. The average Bonchev–Trinajstić information content (AvgIpc) is 2.41. The van der Waals surface area contributed by atoms with Crippen molar-refractivity contribution in [3.05, 3.63) is 63.7 Å². The second-order valence-corrected chi connectivity index (χ2v) is 6.20. The molecular weight excluding hydrogens is 286 g/mol. The molecule has 0 aliphatic heterocycles. The lowest BCUT2D eigenvalue weighted by atomic mass is 9.99. The van der Waals surface area contributed by atoms with E-state index in [0.717, 1.165) is 22.4 Å². The third-order valence-electron chi connectivity index (χ3n) is 3.76. The van der Waals surface area contributed by atoms with Gasteiger partial charge >= 0.3 is 0 Å². The summed E-state index contributed by atoms with van der Waals surface area (Å²) in [5, 5.41) is 2.94. The van der Waals surface area contributed by atoms with Crippen LogP contribution >= 0.6 is 0 Å². The van der Waals surface area contributed by atoms with Crippen LogP contribution in [-0.4, -0.2) is 19.1 Å². The maximum atomic E-state index is 12.4. The zero-order valence-corrected chi connectivity index (χ0v) is 14.6. The normalized spacial score (nSPS) is 10.5. The number of aryl methyl sites for hydroxylation is 5. The van der Waals surface area contributed by atoms with E-state index in [9.17, 15) is 4.79 Å². The van der Waals surface area contributed by atoms with Crippen molar-refractivity contribution >= 4 is 5.91 Å². The van der Waals surface area contributed by atoms with Crippen molar-refractivity contribution < 1.29 is 9.53 Å². The quantitative estimate of drug-likeness (QED) is 0.846. The van der Waals surface area contributed by atoms with Gasteiger partial charge in [-0.3, -0.25) is 4.79 Å². The summed E-state index contributed by atoms with van der Waals surface area (Å²) in [6.45, 7) is 11.0. The van der Waals surface area contributed by atoms with Crippen molar-refractivity contribution in [1.29, 1.82) is 0 Å². The minimum Gasteiger partial charge on any atom is -0.492 e. The van der Waals surface area contributed by atoms with Crippen LogP contribution in [0, 0.1) is 34.6 Å². The number of ether oxygens (including phenoxy) is 1. The largest absolute Gasteiger partial charge is 0.492 e. The third-order valence-corrected chi connectivity index (χ3v) is 3.76. The molecule has 3 nitrogen and oxygen atoms in total. The lowest BCUT2D eigenvalue weighted by molar-refractivity contribution is 0.0945. The highest BCUT2D eigenvalue weighted by Gasteiger charge is 2.12. The summed E-state index contributed by atoms with van der Waals surface area (Å²) in [6, 6.07) is 10.2. The van der Waals surface area contributed by atoms with E-state index in [-0.39, 0.29) is 5.91 Å². The van der Waals surface area contributed by atoms with Gasteiger partial charge in [-0.2, -0.15) is 0 Å². The van der Waals surface area contributed by atoms with Crippen LogP contribution in [0.5, 0.6) is 5.75 Å². The third kappa shape index (κ3) is 4.59. The number of hydrogen-bond acceptors (Lipinski definition) is 2. The highest BCUT2D eigenvalue weighted by Crippen LogP contribution is 2.17. The van der Waals surface area contributed by atoms with E-state index in [1.54, 1.807) is 0 Å². The summed E-state index contributed by atoms with van der Waals surface area (Å²) in [6.07, 6.45) is 0. The topological polar surface area (TPSA) is 38.3 Å². The van der Waals surface area contributed by atoms with Crippen LogP contribution in [0.15, 0.2) is 30.3 Å². The Morgan fingerprint density at radius 1 is 0.870 bits per heavy atom. The molecule has 0 saturated heterocycles. The predicted octanol–water partition coefficient (Wildman–Crippen LogP) is 4.04. The Kier molecular flexibility index (Phi) is 5.43. The van der Waals surface area contributed by atoms with E-state index in [0.29, 0.717) is 13.2 Å². The number of carbonyl (C=O) groups is 1. The minimum atomic E-state index is -0.0379. The van der Waals surface area contributed by atoms with Crippen molar-refractivity contribution in [2.75, 3.05) is 13.2 Å². The smallest absolute Gasteiger partial charge is 0.251 e. The average molecular weight is 311 g/mol. The molecule has 2 aromatic rings. The van der Waals surface area contributed by atoms with Gasteiger partial charge in [-0.25, -0.2) is 0 Å². The first kappa shape index (κ1) is 17.1. The molecule has 0 fully saturated rings. The Morgan fingerprint density at radius 2 is 1.39 bits per heavy atom. The van der Waals surface area contributed by atoms with Crippen molar-refractivity contribution in [2.24, 2.45) is 0 Å². The van der Waals surface area contributed by atoms with Crippen molar-refractivity contribution in [3.63, 3.8) is 0 Å². The minimum absolute atomic E-state index is 0.0379. The Balaban J connectivity index is 1.90. The molecule has 2 aromatic carbocycles. The Bertz CT molecular complexity index is 676. The molecule has 1 amide bonds. The van der Waals surface area contributed by atoms with E-state index in [1.165, 1.54) is 16.7 Å². The van der Waals surface area contributed by atoms with Gasteiger partial charge in [-0.05, 0) is 69.0 Å². The molecule has 0 saturated carbocycles. The molecule has 0 aliphatic carbocycles. The molecule has 0 heterocycles. The molecule has 0 aliphatic rings. The first-order chi connectivity index (χ1) is 10.9. The Labute approximate surface area is 138 Å². The molecule has 0 radical (unpaired) electrons. The van der Waals surface area contributed by atoms with E-state index < -0.39 is 0 Å². The Hall–Kier alpha value is -2.29. The fourth-order valence-electron chi connectivity index (χ4n) is 2.98. The highest BCUT2D eigenvalue weighted by molar-refractivity contribution is 5.97. The summed E-state index contributed by atoms with van der Waals surface area (Å²) in [7, 11) is 0. The maximum absolute atomic E-state index is 12.4. The molecule has 23 heavy (non-hydrogen) atoms. The van der Waals surface area contributed by atoms with E-state index in [1.807, 2.05) is 58.9 Å².